The van der Waals surface area contributed by atoms with Crippen molar-refractivity contribution in [1.29, 1.82) is 0 Å². The first-order valence-corrected chi connectivity index (χ1v) is 7.42. The molecule has 0 aliphatic rings. The molecule has 0 aromatic carbocycles. The second kappa shape index (κ2) is 4.91. The van der Waals surface area contributed by atoms with Gasteiger partial charge in [0, 0.05) is 12.3 Å². The molecular weight excluding hydrogens is 218 g/mol. The van der Waals surface area contributed by atoms with E-state index in [4.69, 9.17) is 5.73 Å². The average Bonchev–Trinajstić information content (AvgIpc) is 2.49. The SMILES string of the molecule is CS(=O)(=O)CC(N)CCc1ccsc1. The fourth-order valence-corrected chi connectivity index (χ4v) is 2.91. The quantitative estimate of drug-likeness (QED) is 0.827. The molecular formula is C9H15NO2S2. The van der Waals surface area contributed by atoms with Crippen molar-refractivity contribution < 1.29 is 8.42 Å². The van der Waals surface area contributed by atoms with Gasteiger partial charge in [-0.05, 0) is 35.2 Å². The van der Waals surface area contributed by atoms with Crippen LogP contribution in [0.4, 0.5) is 0 Å². The fourth-order valence-electron chi connectivity index (χ4n) is 1.26. The van der Waals surface area contributed by atoms with Gasteiger partial charge >= 0.3 is 0 Å². The van der Waals surface area contributed by atoms with Crippen molar-refractivity contribution in [3.05, 3.63) is 22.4 Å². The van der Waals surface area contributed by atoms with Gasteiger partial charge in [-0.25, -0.2) is 8.42 Å². The minimum absolute atomic E-state index is 0.0805. The summed E-state index contributed by atoms with van der Waals surface area (Å²) in [5.74, 6) is 0.0805. The van der Waals surface area contributed by atoms with Crippen LogP contribution < -0.4 is 5.73 Å². The van der Waals surface area contributed by atoms with Gasteiger partial charge in [-0.1, -0.05) is 0 Å². The minimum atomic E-state index is -2.94. The van der Waals surface area contributed by atoms with Crippen molar-refractivity contribution in [2.45, 2.75) is 18.9 Å². The molecule has 1 heterocycles. The van der Waals surface area contributed by atoms with Crippen molar-refractivity contribution in [1.82, 2.24) is 0 Å². The lowest BCUT2D eigenvalue weighted by molar-refractivity contribution is 0.584. The molecule has 1 aromatic heterocycles. The Labute approximate surface area is 88.9 Å². The molecule has 2 N–H and O–H groups in total. The largest absolute Gasteiger partial charge is 0.327 e. The Balaban J connectivity index is 2.32. The lowest BCUT2D eigenvalue weighted by atomic mass is 10.1. The molecule has 80 valence electrons. The highest BCUT2D eigenvalue weighted by molar-refractivity contribution is 7.90. The normalized spacial score (nSPS) is 14.1. The number of nitrogens with two attached hydrogens (primary N) is 1. The molecule has 0 amide bonds. The fraction of sp³-hybridized carbons (Fsp3) is 0.556. The molecule has 1 aromatic rings. The highest BCUT2D eigenvalue weighted by Gasteiger charge is 2.10. The first-order valence-electron chi connectivity index (χ1n) is 4.42. The molecule has 14 heavy (non-hydrogen) atoms. The van der Waals surface area contributed by atoms with Gasteiger partial charge in [0.15, 0.2) is 0 Å². The van der Waals surface area contributed by atoms with Crippen molar-refractivity contribution in [3.63, 3.8) is 0 Å². The van der Waals surface area contributed by atoms with Crippen molar-refractivity contribution in [2.24, 2.45) is 5.73 Å². The Bertz CT molecular complexity index is 356. The van der Waals surface area contributed by atoms with E-state index in [-0.39, 0.29) is 11.8 Å². The maximum atomic E-state index is 10.9. The molecule has 0 bridgehead atoms. The van der Waals surface area contributed by atoms with E-state index in [1.807, 2.05) is 11.4 Å². The summed E-state index contributed by atoms with van der Waals surface area (Å²) in [5.41, 5.74) is 6.94. The van der Waals surface area contributed by atoms with Crippen LogP contribution in [-0.4, -0.2) is 26.5 Å². The first-order chi connectivity index (χ1) is 6.47. The third-order valence-electron chi connectivity index (χ3n) is 1.90. The number of rotatable bonds is 5. The minimum Gasteiger partial charge on any atom is -0.327 e. The van der Waals surface area contributed by atoms with Crippen molar-refractivity contribution in [3.8, 4) is 0 Å². The molecule has 1 atom stereocenters. The van der Waals surface area contributed by atoms with E-state index in [0.29, 0.717) is 0 Å². The van der Waals surface area contributed by atoms with Crippen LogP contribution in [0, 0.1) is 0 Å². The Morgan fingerprint density at radius 3 is 2.79 bits per heavy atom. The van der Waals surface area contributed by atoms with Crippen LogP contribution in [0.5, 0.6) is 0 Å². The molecule has 0 saturated heterocycles. The van der Waals surface area contributed by atoms with E-state index in [0.717, 1.165) is 12.8 Å². The van der Waals surface area contributed by atoms with Crippen LogP contribution in [-0.2, 0) is 16.3 Å². The van der Waals surface area contributed by atoms with E-state index in [1.165, 1.54) is 11.8 Å². The number of thiophene rings is 1. The summed E-state index contributed by atoms with van der Waals surface area (Å²) < 4.78 is 21.9. The van der Waals surface area contributed by atoms with E-state index in [9.17, 15) is 8.42 Å². The van der Waals surface area contributed by atoms with Crippen LogP contribution in [0.3, 0.4) is 0 Å². The number of hydrogen-bond acceptors (Lipinski definition) is 4. The summed E-state index contributed by atoms with van der Waals surface area (Å²) in [5, 5.41) is 4.07. The third kappa shape index (κ3) is 4.74. The van der Waals surface area contributed by atoms with E-state index < -0.39 is 9.84 Å². The topological polar surface area (TPSA) is 60.2 Å². The predicted molar refractivity (Wildman–Crippen MR) is 60.3 cm³/mol. The lowest BCUT2D eigenvalue weighted by Gasteiger charge is -2.08. The van der Waals surface area contributed by atoms with Gasteiger partial charge in [0.2, 0.25) is 0 Å². The second-order valence-electron chi connectivity index (χ2n) is 3.52. The van der Waals surface area contributed by atoms with Crippen LogP contribution in [0.2, 0.25) is 0 Å². The molecule has 5 heteroatoms. The molecule has 0 spiro atoms. The second-order valence-corrected chi connectivity index (χ2v) is 6.49. The summed E-state index contributed by atoms with van der Waals surface area (Å²) in [6, 6.07) is 1.79. The monoisotopic (exact) mass is 233 g/mol. The van der Waals surface area contributed by atoms with Gasteiger partial charge in [-0.2, -0.15) is 11.3 Å². The summed E-state index contributed by atoms with van der Waals surface area (Å²) >= 11 is 1.65. The van der Waals surface area contributed by atoms with E-state index in [2.05, 4.69) is 5.38 Å². The third-order valence-corrected chi connectivity index (χ3v) is 3.67. The lowest BCUT2D eigenvalue weighted by Crippen LogP contribution is -2.29. The van der Waals surface area contributed by atoms with Crippen molar-refractivity contribution >= 4 is 21.2 Å². The molecule has 0 aliphatic heterocycles. The summed E-state index contributed by atoms with van der Waals surface area (Å²) in [7, 11) is -2.94. The molecule has 0 aliphatic carbocycles. The van der Waals surface area contributed by atoms with Gasteiger partial charge in [0.05, 0.1) is 5.75 Å². The van der Waals surface area contributed by atoms with Gasteiger partial charge in [-0.3, -0.25) is 0 Å². The van der Waals surface area contributed by atoms with E-state index >= 15 is 0 Å². The maximum absolute atomic E-state index is 10.9. The van der Waals surface area contributed by atoms with Crippen LogP contribution in [0.25, 0.3) is 0 Å². The molecule has 0 fully saturated rings. The van der Waals surface area contributed by atoms with E-state index in [1.54, 1.807) is 11.3 Å². The maximum Gasteiger partial charge on any atom is 0.148 e. The zero-order chi connectivity index (χ0) is 10.6. The van der Waals surface area contributed by atoms with Crippen molar-refractivity contribution in [2.75, 3.05) is 12.0 Å². The standard InChI is InChI=1S/C9H15NO2S2/c1-14(11,12)7-9(10)3-2-8-4-5-13-6-8/h4-6,9H,2-3,7,10H2,1H3. The Kier molecular flexibility index (Phi) is 4.10. The molecule has 1 rings (SSSR count). The molecule has 1 unspecified atom stereocenters. The predicted octanol–water partition coefficient (Wildman–Crippen LogP) is 1.05. The smallest absolute Gasteiger partial charge is 0.148 e. The van der Waals surface area contributed by atoms with Gasteiger partial charge in [0.1, 0.15) is 9.84 Å². The van der Waals surface area contributed by atoms with Crippen LogP contribution in [0.1, 0.15) is 12.0 Å². The Hall–Kier alpha value is -0.390. The van der Waals surface area contributed by atoms with Crippen LogP contribution >= 0.6 is 11.3 Å². The first kappa shape index (κ1) is 11.7. The van der Waals surface area contributed by atoms with Gasteiger partial charge in [0.25, 0.3) is 0 Å². The zero-order valence-corrected chi connectivity index (χ0v) is 9.77. The average molecular weight is 233 g/mol. The summed E-state index contributed by atoms with van der Waals surface area (Å²) in [6.07, 6.45) is 2.81. The molecule has 0 radical (unpaired) electrons. The summed E-state index contributed by atoms with van der Waals surface area (Å²) in [6.45, 7) is 0. The number of hydrogen-bond donors (Lipinski definition) is 1. The zero-order valence-electron chi connectivity index (χ0n) is 8.14. The van der Waals surface area contributed by atoms with Gasteiger partial charge < -0.3 is 5.73 Å². The Morgan fingerprint density at radius 1 is 1.57 bits per heavy atom. The van der Waals surface area contributed by atoms with Crippen LogP contribution in [0.15, 0.2) is 16.8 Å². The highest BCUT2D eigenvalue weighted by Crippen LogP contribution is 2.09. The highest BCUT2D eigenvalue weighted by atomic mass is 32.2. The Morgan fingerprint density at radius 2 is 2.29 bits per heavy atom. The van der Waals surface area contributed by atoms with Gasteiger partial charge in [-0.15, -0.1) is 0 Å². The molecule has 3 nitrogen and oxygen atoms in total. The number of aryl methyl sites for hydroxylation is 1. The molecule has 0 saturated carbocycles. The summed E-state index contributed by atoms with van der Waals surface area (Å²) in [4.78, 5) is 0. The number of sulfone groups is 1.